The third-order valence-corrected chi connectivity index (χ3v) is 17.3. The Kier molecular flexibility index (Phi) is 9.10. The van der Waals surface area contributed by atoms with E-state index in [0.29, 0.717) is 44.9 Å². The number of fused-ring (bicyclic) bond motifs is 18. The highest BCUT2D eigenvalue weighted by Gasteiger charge is 2.36. The summed E-state index contributed by atoms with van der Waals surface area (Å²) in [6.07, 6.45) is 6.18. The van der Waals surface area contributed by atoms with Gasteiger partial charge in [0.15, 0.2) is 0 Å². The molecule has 1 aliphatic rings. The van der Waals surface area contributed by atoms with Crippen LogP contribution in [0.4, 0.5) is 0 Å². The number of aromatic nitrogens is 4. The van der Waals surface area contributed by atoms with E-state index in [-0.39, 0.29) is 0 Å². The molecule has 0 saturated carbocycles. The zero-order valence-electron chi connectivity index (χ0n) is 41.2. The summed E-state index contributed by atoms with van der Waals surface area (Å²) in [5.41, 5.74) is 14.5. The second-order valence-electron chi connectivity index (χ2n) is 19.9. The minimum absolute atomic E-state index is 0.342. The molecule has 10 aromatic carbocycles. The van der Waals surface area contributed by atoms with Gasteiger partial charge in [-0.05, 0) is 90.7 Å². The van der Waals surface area contributed by atoms with E-state index < -0.39 is 0 Å². The molecular formula is C69H39N7S. The molecule has 0 atom stereocenters. The number of nitrogens with zero attached hydrogens (tertiary/aromatic N) is 7. The number of rotatable bonds is 5. The maximum absolute atomic E-state index is 12.4. The van der Waals surface area contributed by atoms with Crippen LogP contribution in [0.2, 0.25) is 0 Å². The number of hydrogen-bond acceptors (Lipinski definition) is 4. The molecule has 8 heteroatoms. The van der Waals surface area contributed by atoms with E-state index in [9.17, 15) is 15.8 Å². The maximum Gasteiger partial charge on any atom is 0.102 e. The van der Waals surface area contributed by atoms with Crippen LogP contribution >= 0.6 is 11.3 Å². The zero-order chi connectivity index (χ0) is 51.0. The highest BCUT2D eigenvalue weighted by Crippen LogP contribution is 2.54. The van der Waals surface area contributed by atoms with Gasteiger partial charge < -0.3 is 18.3 Å². The molecular weight excluding hydrogens is 959 g/mol. The first kappa shape index (κ1) is 43.0. The second-order valence-corrected chi connectivity index (χ2v) is 21.0. The fourth-order valence-electron chi connectivity index (χ4n) is 13.1. The van der Waals surface area contributed by atoms with Gasteiger partial charge in [0.05, 0.1) is 78.4 Å². The number of benzene rings is 10. The minimum Gasteiger partial charge on any atom is -0.308 e. The van der Waals surface area contributed by atoms with Gasteiger partial charge in [-0.15, -0.1) is 11.3 Å². The van der Waals surface area contributed by atoms with Gasteiger partial charge in [0, 0.05) is 74.8 Å². The minimum atomic E-state index is 0.342. The summed E-state index contributed by atoms with van der Waals surface area (Å²) in [4.78, 5) is 0. The van der Waals surface area contributed by atoms with E-state index in [1.807, 2.05) is 23.5 Å². The molecule has 0 amide bonds. The first-order valence-corrected chi connectivity index (χ1v) is 26.7. The van der Waals surface area contributed by atoms with Crippen LogP contribution < -0.4 is 0 Å². The Morgan fingerprint density at radius 1 is 0.403 bits per heavy atom. The van der Waals surface area contributed by atoms with Crippen LogP contribution in [0.1, 0.15) is 34.4 Å². The van der Waals surface area contributed by atoms with E-state index >= 15 is 0 Å². The van der Waals surface area contributed by atoms with Crippen molar-refractivity contribution < 1.29 is 0 Å². The molecule has 0 aliphatic heterocycles. The topological polar surface area (TPSA) is 91.1 Å². The Bertz CT molecular complexity index is 5190. The Hall–Kier alpha value is -10.4. The van der Waals surface area contributed by atoms with Gasteiger partial charge in [0.1, 0.15) is 12.1 Å². The number of aryl methyl sites for hydroxylation is 1. The first-order valence-electron chi connectivity index (χ1n) is 25.8. The number of thiophene rings is 1. The lowest BCUT2D eigenvalue weighted by Crippen LogP contribution is -2.16. The molecule has 5 aromatic heterocycles. The standard InChI is InChI=1S/C69H39N7S/c70-38-41-34-36-42(37-35-41)60-51(39-71)64(74-53-27-11-4-20-44(53)45-21-5-12-28-54(45)74)68(65(52(60)40-72)75-55-29-13-6-22-46(55)47-23-7-14-30-56(47)75)76-58-32-16-9-25-49(58)62-67(76)61-48-24-8-15-31-57(48)73(43-18-2-1-3-19-43)66(61)63-50-26-10-17-33-59(50)77-69(62)63/h1-6,8-22,24-37H,7,23H2. The van der Waals surface area contributed by atoms with Crippen LogP contribution in [0.25, 0.3) is 136 Å². The summed E-state index contributed by atoms with van der Waals surface area (Å²) in [5, 5.41) is 44.7. The van der Waals surface area contributed by atoms with Gasteiger partial charge in [0.2, 0.25) is 0 Å². The van der Waals surface area contributed by atoms with Crippen molar-refractivity contribution >= 4 is 114 Å². The predicted octanol–water partition coefficient (Wildman–Crippen LogP) is 17.5. The van der Waals surface area contributed by atoms with Crippen molar-refractivity contribution in [1.82, 2.24) is 18.3 Å². The van der Waals surface area contributed by atoms with E-state index in [0.717, 1.165) is 105 Å². The fraction of sp³-hybridized carbons (Fsp3) is 0.0290. The molecule has 0 unspecified atom stereocenters. The van der Waals surface area contributed by atoms with Gasteiger partial charge in [-0.25, -0.2) is 0 Å². The van der Waals surface area contributed by atoms with Crippen molar-refractivity contribution in [2.24, 2.45) is 0 Å². The number of allylic oxidation sites excluding steroid dienone is 1. The van der Waals surface area contributed by atoms with Crippen LogP contribution in [0.3, 0.4) is 0 Å². The number of hydrogen-bond donors (Lipinski definition) is 0. The second kappa shape index (κ2) is 16.3. The van der Waals surface area contributed by atoms with Gasteiger partial charge >= 0.3 is 0 Å². The zero-order valence-corrected chi connectivity index (χ0v) is 42.0. The van der Waals surface area contributed by atoms with Gasteiger partial charge in [-0.2, -0.15) is 15.8 Å². The first-order chi connectivity index (χ1) is 38.2. The van der Waals surface area contributed by atoms with Crippen molar-refractivity contribution in [3.63, 3.8) is 0 Å². The van der Waals surface area contributed by atoms with Crippen molar-refractivity contribution in [2.45, 2.75) is 12.8 Å². The van der Waals surface area contributed by atoms with Crippen LogP contribution in [-0.4, -0.2) is 18.3 Å². The lowest BCUT2D eigenvalue weighted by Gasteiger charge is -2.27. The van der Waals surface area contributed by atoms with E-state index in [1.54, 1.807) is 12.1 Å². The molecule has 0 fully saturated rings. The molecule has 0 bridgehead atoms. The van der Waals surface area contributed by atoms with Crippen molar-refractivity contribution in [3.8, 4) is 52.1 Å². The van der Waals surface area contributed by atoms with Crippen molar-refractivity contribution in [3.05, 3.63) is 234 Å². The van der Waals surface area contributed by atoms with E-state index in [4.69, 9.17) is 0 Å². The molecule has 1 aliphatic carbocycles. The largest absolute Gasteiger partial charge is 0.308 e. The van der Waals surface area contributed by atoms with Crippen LogP contribution in [0.15, 0.2) is 206 Å². The summed E-state index contributed by atoms with van der Waals surface area (Å²) in [7, 11) is 0. The molecule has 0 saturated heterocycles. The van der Waals surface area contributed by atoms with Crippen LogP contribution in [-0.2, 0) is 6.42 Å². The fourth-order valence-corrected chi connectivity index (χ4v) is 14.4. The predicted molar refractivity (Wildman–Crippen MR) is 316 cm³/mol. The van der Waals surface area contributed by atoms with E-state index in [2.05, 4.69) is 225 Å². The monoisotopic (exact) mass is 997 g/mol. The maximum atomic E-state index is 12.4. The van der Waals surface area contributed by atoms with Crippen LogP contribution in [0, 0.1) is 34.0 Å². The summed E-state index contributed by atoms with van der Waals surface area (Å²) in [6.45, 7) is 0. The summed E-state index contributed by atoms with van der Waals surface area (Å²) in [5.74, 6) is 0. The number of para-hydroxylation sites is 6. The Morgan fingerprint density at radius 3 is 1.53 bits per heavy atom. The summed E-state index contributed by atoms with van der Waals surface area (Å²) in [6, 6.07) is 77.6. The molecule has 16 rings (SSSR count). The van der Waals surface area contributed by atoms with Gasteiger partial charge in [-0.3, -0.25) is 0 Å². The van der Waals surface area contributed by atoms with Crippen LogP contribution in [0.5, 0.6) is 0 Å². The van der Waals surface area contributed by atoms with Gasteiger partial charge in [0.25, 0.3) is 0 Å². The molecule has 5 heterocycles. The van der Waals surface area contributed by atoms with Gasteiger partial charge in [-0.1, -0.05) is 146 Å². The van der Waals surface area contributed by atoms with Crippen molar-refractivity contribution in [2.75, 3.05) is 0 Å². The molecule has 7 nitrogen and oxygen atoms in total. The molecule has 0 spiro atoms. The molecule has 356 valence electrons. The average Bonchev–Trinajstić information content (AvgIpc) is 4.36. The van der Waals surface area contributed by atoms with E-state index in [1.165, 1.54) is 21.0 Å². The SMILES string of the molecule is N#Cc1ccc(-c2c(C#N)c(-n3c4c(c5ccccc53)CCC=C4)c(-n3c4ccccc4c4c5sc6ccccc6c5c5c(c6ccccc6n5-c5ccccc5)c43)c(-n3c4ccccc4c4ccccc43)c2C#N)cc1. The third-order valence-electron chi connectivity index (χ3n) is 16.1. The Labute approximate surface area is 444 Å². The molecule has 0 N–H and O–H groups in total. The Balaban J connectivity index is 1.26. The smallest absolute Gasteiger partial charge is 0.102 e. The summed E-state index contributed by atoms with van der Waals surface area (Å²) >= 11 is 1.82. The quantitative estimate of drug-likeness (QED) is 0.172. The Morgan fingerprint density at radius 2 is 0.896 bits per heavy atom. The lowest BCUT2D eigenvalue weighted by atomic mass is 9.89. The van der Waals surface area contributed by atoms with Crippen molar-refractivity contribution in [1.29, 1.82) is 15.8 Å². The third kappa shape index (κ3) is 5.76. The summed E-state index contributed by atoms with van der Waals surface area (Å²) < 4.78 is 11.8. The lowest BCUT2D eigenvalue weighted by molar-refractivity contribution is 0.957. The average molecular weight is 998 g/mol. The molecule has 0 radical (unpaired) electrons. The normalized spacial score (nSPS) is 12.5. The molecule has 77 heavy (non-hydrogen) atoms. The highest BCUT2D eigenvalue weighted by molar-refractivity contribution is 7.27. The molecule has 15 aromatic rings. The highest BCUT2D eigenvalue weighted by atomic mass is 32.1. The number of nitriles is 3.